The van der Waals surface area contributed by atoms with E-state index in [1.54, 1.807) is 24.3 Å². The summed E-state index contributed by atoms with van der Waals surface area (Å²) in [4.78, 5) is 43.3. The van der Waals surface area contributed by atoms with E-state index in [1.807, 2.05) is 0 Å². The van der Waals surface area contributed by atoms with E-state index < -0.39 is 40.5 Å². The molecule has 2 unspecified atom stereocenters. The molecule has 2 N–H and O–H groups in total. The molecule has 1 amide bonds. The van der Waals surface area contributed by atoms with Crippen LogP contribution in [0.15, 0.2) is 46.2 Å². The summed E-state index contributed by atoms with van der Waals surface area (Å²) in [6.45, 7) is 0.648. The first-order valence-electron chi connectivity index (χ1n) is 12.5. The van der Waals surface area contributed by atoms with E-state index in [4.69, 9.17) is 16.3 Å². The third-order valence-corrected chi connectivity index (χ3v) is 9.34. The number of amides is 1. The van der Waals surface area contributed by atoms with E-state index in [9.17, 15) is 22.8 Å². The van der Waals surface area contributed by atoms with Crippen molar-refractivity contribution >= 4 is 44.4 Å². The Labute approximate surface area is 229 Å². The second kappa shape index (κ2) is 10.7. The molecule has 3 aromatic rings. The highest BCUT2D eigenvalue weighted by Crippen LogP contribution is 2.37. The number of hydrogen-bond donors (Lipinski definition) is 2. The highest BCUT2D eigenvalue weighted by Gasteiger charge is 2.48. The van der Waals surface area contributed by atoms with E-state index >= 15 is 0 Å². The van der Waals surface area contributed by atoms with E-state index in [1.165, 1.54) is 35.9 Å². The van der Waals surface area contributed by atoms with Crippen molar-refractivity contribution in [2.75, 3.05) is 33.3 Å². The number of carbonyl (C=O) groups is 2. The minimum Gasteiger partial charge on any atom is -0.467 e. The van der Waals surface area contributed by atoms with Crippen LogP contribution in [0.2, 0.25) is 5.02 Å². The number of esters is 1. The first-order valence-corrected chi connectivity index (χ1v) is 14.3. The number of H-pyrrole nitrogens is 1. The lowest BCUT2D eigenvalue weighted by atomic mass is 9.85. The van der Waals surface area contributed by atoms with Crippen molar-refractivity contribution in [2.45, 2.75) is 30.0 Å². The smallest absolute Gasteiger partial charge is 0.329 e. The predicted octanol–water partition coefficient (Wildman–Crippen LogP) is 1.03. The number of ether oxygens (including phenoxy) is 1. The maximum Gasteiger partial charge on any atom is 0.329 e. The number of piperazine rings is 1. The third kappa shape index (κ3) is 5.19. The molecule has 2 saturated heterocycles. The number of nitrogens with one attached hydrogen (secondary N) is 2. The molecule has 39 heavy (non-hydrogen) atoms. The van der Waals surface area contributed by atoms with Gasteiger partial charge in [-0.3, -0.25) is 9.59 Å². The predicted molar refractivity (Wildman–Crippen MR) is 143 cm³/mol. The number of aryl methyl sites for hydroxylation is 1. The lowest BCUT2D eigenvalue weighted by Gasteiger charge is -2.45. The van der Waals surface area contributed by atoms with Crippen molar-refractivity contribution in [3.63, 3.8) is 0 Å². The van der Waals surface area contributed by atoms with Gasteiger partial charge in [0.1, 0.15) is 11.1 Å². The average molecular weight is 577 g/mol. The molecule has 2 atom stereocenters. The number of aromatic nitrogens is 3. The van der Waals surface area contributed by atoms with Crippen LogP contribution in [0.5, 0.6) is 0 Å². The number of carbonyl (C=O) groups excluding carboxylic acids is 2. The van der Waals surface area contributed by atoms with Crippen LogP contribution in [-0.4, -0.2) is 83.6 Å². The van der Waals surface area contributed by atoms with Gasteiger partial charge in [0.05, 0.1) is 25.4 Å². The third-order valence-electron chi connectivity index (χ3n) is 7.38. The van der Waals surface area contributed by atoms with E-state index in [0.717, 1.165) is 4.31 Å². The van der Waals surface area contributed by atoms with Crippen LogP contribution in [-0.2, 0) is 31.4 Å². The minimum absolute atomic E-state index is 0.0750. The van der Waals surface area contributed by atoms with Crippen molar-refractivity contribution in [3.05, 3.63) is 57.5 Å². The van der Waals surface area contributed by atoms with Crippen molar-refractivity contribution in [2.24, 2.45) is 13.0 Å². The number of halogens is 1. The molecule has 0 aliphatic carbocycles. The van der Waals surface area contributed by atoms with Gasteiger partial charge in [0.25, 0.3) is 15.6 Å². The van der Waals surface area contributed by atoms with Crippen LogP contribution in [0, 0.1) is 5.92 Å². The normalized spacial score (nSPS) is 20.3. The Morgan fingerprint density at radius 2 is 1.90 bits per heavy atom. The average Bonchev–Trinajstić information content (AvgIpc) is 3.36. The van der Waals surface area contributed by atoms with Gasteiger partial charge in [-0.25, -0.2) is 17.9 Å². The van der Waals surface area contributed by atoms with Gasteiger partial charge in [-0.2, -0.15) is 9.40 Å². The largest absolute Gasteiger partial charge is 0.467 e. The summed E-state index contributed by atoms with van der Waals surface area (Å²) in [5.41, 5.74) is 0.712. The Morgan fingerprint density at radius 3 is 2.59 bits per heavy atom. The summed E-state index contributed by atoms with van der Waals surface area (Å²) in [5.74, 6) is -1.37. The second-order valence-corrected chi connectivity index (χ2v) is 12.1. The monoisotopic (exact) mass is 576 g/mol. The first kappa shape index (κ1) is 27.3. The summed E-state index contributed by atoms with van der Waals surface area (Å²) in [6.07, 6.45) is 1.40. The van der Waals surface area contributed by atoms with Gasteiger partial charge < -0.3 is 19.9 Å². The van der Waals surface area contributed by atoms with Gasteiger partial charge >= 0.3 is 5.97 Å². The zero-order valence-corrected chi connectivity index (χ0v) is 23.0. The van der Waals surface area contributed by atoms with Gasteiger partial charge in [-0.05, 0) is 62.2 Å². The van der Waals surface area contributed by atoms with Crippen LogP contribution in [0.3, 0.4) is 0 Å². The van der Waals surface area contributed by atoms with Crippen LogP contribution in [0.1, 0.15) is 24.6 Å². The molecule has 2 aromatic heterocycles. The van der Waals surface area contributed by atoms with E-state index in [0.29, 0.717) is 47.6 Å². The van der Waals surface area contributed by atoms with E-state index in [2.05, 4.69) is 15.4 Å². The number of methoxy groups -OCH3 is 1. The van der Waals surface area contributed by atoms with Crippen molar-refractivity contribution in [1.82, 2.24) is 29.3 Å². The molecule has 14 heteroatoms. The molecular weight excluding hydrogens is 548 g/mol. The zero-order valence-electron chi connectivity index (χ0n) is 21.5. The number of nitrogens with zero attached hydrogens (tertiary/aromatic N) is 4. The van der Waals surface area contributed by atoms with Gasteiger partial charge in [-0.1, -0.05) is 11.6 Å². The summed E-state index contributed by atoms with van der Waals surface area (Å²) < 4.78 is 34.5. The zero-order chi connectivity index (χ0) is 27.9. The molecule has 2 aliphatic heterocycles. The van der Waals surface area contributed by atoms with Crippen LogP contribution in [0.25, 0.3) is 10.9 Å². The molecule has 2 fully saturated rings. The Kier molecular flexibility index (Phi) is 7.51. The van der Waals surface area contributed by atoms with Crippen LogP contribution >= 0.6 is 11.6 Å². The first-order chi connectivity index (χ1) is 18.6. The molecular formula is C25H29ClN6O6S. The molecule has 0 bridgehead atoms. The number of piperidine rings is 1. The number of rotatable bonds is 6. The van der Waals surface area contributed by atoms with Crippen LogP contribution < -0.4 is 10.9 Å². The second-order valence-electron chi connectivity index (χ2n) is 9.75. The standard InChI is InChI=1S/C25H29ClN6O6S/c1-30-22(33)6-5-19(29-30)24(15-7-9-27-10-8-15)32-20(25(35)38-2)13-31(14-23(32)34)39(36,37)21-12-16-11-17(26)3-4-18(16)28-21/h3-6,11-12,15,20,24,27-28H,7-10,13-14H2,1-2H3. The Hall–Kier alpha value is -3.26. The summed E-state index contributed by atoms with van der Waals surface area (Å²) >= 11 is 6.06. The number of fused-ring (bicyclic) bond motifs is 1. The number of sulfonamides is 1. The SMILES string of the molecule is COC(=O)C1CN(S(=O)(=O)c2cc3cc(Cl)ccc3[nH]2)CC(=O)N1C(c1ccc(=O)n(C)n1)C1CCNCC1. The van der Waals surface area contributed by atoms with Gasteiger partial charge in [0, 0.05) is 35.6 Å². The van der Waals surface area contributed by atoms with Crippen LogP contribution in [0.4, 0.5) is 0 Å². The minimum atomic E-state index is -4.19. The molecule has 5 rings (SSSR count). The highest BCUT2D eigenvalue weighted by molar-refractivity contribution is 7.89. The van der Waals surface area contributed by atoms with Gasteiger partial charge in [-0.15, -0.1) is 0 Å². The summed E-state index contributed by atoms with van der Waals surface area (Å²) in [6, 6.07) is 7.45. The molecule has 2 aliphatic rings. The quantitative estimate of drug-likeness (QED) is 0.414. The molecule has 12 nitrogen and oxygen atoms in total. The van der Waals surface area contributed by atoms with E-state index in [-0.39, 0.29) is 23.0 Å². The number of benzene rings is 1. The Morgan fingerprint density at radius 1 is 1.15 bits per heavy atom. The molecule has 208 valence electrons. The topological polar surface area (TPSA) is 147 Å². The molecule has 0 spiro atoms. The van der Waals surface area contributed by atoms with Crippen molar-refractivity contribution < 1.29 is 22.7 Å². The fourth-order valence-electron chi connectivity index (χ4n) is 5.41. The molecule has 1 aromatic carbocycles. The molecule has 0 radical (unpaired) electrons. The van der Waals surface area contributed by atoms with Crippen molar-refractivity contribution in [3.8, 4) is 0 Å². The fraction of sp³-hybridized carbons (Fsp3) is 0.440. The summed E-state index contributed by atoms with van der Waals surface area (Å²) in [5, 5.41) is 8.65. The fourth-order valence-corrected chi connectivity index (χ4v) is 7.00. The lowest BCUT2D eigenvalue weighted by molar-refractivity contribution is -0.160. The van der Waals surface area contributed by atoms with Gasteiger partial charge in [0.15, 0.2) is 0 Å². The van der Waals surface area contributed by atoms with Gasteiger partial charge in [0.2, 0.25) is 5.91 Å². The highest BCUT2D eigenvalue weighted by atomic mass is 35.5. The lowest BCUT2D eigenvalue weighted by Crippen LogP contribution is -2.62. The summed E-state index contributed by atoms with van der Waals surface area (Å²) in [7, 11) is -1.47. The molecule has 0 saturated carbocycles. The number of hydrogen-bond acceptors (Lipinski definition) is 8. The number of aromatic amines is 1. The maximum absolute atomic E-state index is 13.8. The van der Waals surface area contributed by atoms with Crippen molar-refractivity contribution in [1.29, 1.82) is 0 Å². The maximum atomic E-state index is 13.8. The molecule has 4 heterocycles. The Bertz CT molecular complexity index is 1580. The Balaban J connectivity index is 1.54.